The van der Waals surface area contributed by atoms with Gasteiger partial charge in [-0.3, -0.25) is 4.79 Å². The van der Waals surface area contributed by atoms with Gasteiger partial charge in [0.25, 0.3) is 5.91 Å². The van der Waals surface area contributed by atoms with E-state index in [1.54, 1.807) is 0 Å². The fourth-order valence-corrected chi connectivity index (χ4v) is 2.99. The lowest BCUT2D eigenvalue weighted by Gasteiger charge is -2.21. The minimum Gasteiger partial charge on any atom is -0.397 e. The van der Waals surface area contributed by atoms with Gasteiger partial charge in [-0.25, -0.2) is 0 Å². The van der Waals surface area contributed by atoms with Crippen LogP contribution in [0, 0.1) is 12.3 Å². The summed E-state index contributed by atoms with van der Waals surface area (Å²) in [7, 11) is 0. The number of rotatable bonds is 4. The smallest absolute Gasteiger partial charge is 0.263 e. The lowest BCUT2D eigenvalue weighted by molar-refractivity contribution is 0.0916. The second kappa shape index (κ2) is 5.42. The highest BCUT2D eigenvalue weighted by Gasteiger charge is 2.21. The molecule has 0 atom stereocenters. The van der Waals surface area contributed by atoms with Crippen LogP contribution in [-0.2, 0) is 0 Å². The number of amides is 1. The van der Waals surface area contributed by atoms with Crippen LogP contribution in [0.15, 0.2) is 18.2 Å². The van der Waals surface area contributed by atoms with Crippen molar-refractivity contribution in [3.63, 3.8) is 0 Å². The maximum absolute atomic E-state index is 12.2. The van der Waals surface area contributed by atoms with E-state index in [0.29, 0.717) is 17.1 Å². The molecule has 0 fully saturated rings. The molecule has 1 amide bonds. The minimum atomic E-state index is -0.336. The average molecular weight is 292 g/mol. The summed E-state index contributed by atoms with van der Waals surface area (Å²) >= 11 is 1.40. The maximum atomic E-state index is 12.2. The molecule has 4 nitrogen and oxygen atoms in total. The van der Waals surface area contributed by atoms with E-state index in [-0.39, 0.29) is 17.9 Å². The van der Waals surface area contributed by atoms with Crippen molar-refractivity contribution in [1.82, 2.24) is 5.32 Å². The van der Waals surface area contributed by atoms with Crippen LogP contribution in [0.25, 0.3) is 10.1 Å². The first-order valence-electron chi connectivity index (χ1n) is 6.52. The highest BCUT2D eigenvalue weighted by molar-refractivity contribution is 7.21. The molecule has 0 radical (unpaired) electrons. The molecule has 1 heterocycles. The molecule has 108 valence electrons. The molecular weight excluding hydrogens is 272 g/mol. The predicted octanol–water partition coefficient (Wildman–Crippen LogP) is 2.54. The van der Waals surface area contributed by atoms with Gasteiger partial charge in [0, 0.05) is 28.7 Å². The van der Waals surface area contributed by atoms with Crippen LogP contribution in [0.5, 0.6) is 0 Å². The van der Waals surface area contributed by atoms with Gasteiger partial charge in [0.2, 0.25) is 0 Å². The Hall–Kier alpha value is -1.59. The molecule has 1 aromatic carbocycles. The lowest BCUT2D eigenvalue weighted by Crippen LogP contribution is -2.35. The van der Waals surface area contributed by atoms with Gasteiger partial charge in [0.1, 0.15) is 4.88 Å². The molecule has 0 saturated carbocycles. The van der Waals surface area contributed by atoms with Crippen LogP contribution in [0.4, 0.5) is 5.69 Å². The number of aryl methyl sites for hydroxylation is 1. The molecule has 0 unspecified atom stereocenters. The number of hydrogen-bond donors (Lipinski definition) is 3. The SMILES string of the molecule is Cc1ccc2c(N)c(C(=O)NCC(C)(C)CO)sc2c1. The Morgan fingerprint density at radius 2 is 2.15 bits per heavy atom. The molecule has 4 N–H and O–H groups in total. The molecule has 0 aliphatic rings. The zero-order chi connectivity index (χ0) is 14.9. The van der Waals surface area contributed by atoms with Gasteiger partial charge in [0.15, 0.2) is 0 Å². The van der Waals surface area contributed by atoms with E-state index in [1.165, 1.54) is 11.3 Å². The third-order valence-electron chi connectivity index (χ3n) is 3.25. The Morgan fingerprint density at radius 3 is 2.80 bits per heavy atom. The molecular formula is C15H20N2O2S. The summed E-state index contributed by atoms with van der Waals surface area (Å²) in [5.41, 5.74) is 7.40. The van der Waals surface area contributed by atoms with Crippen molar-refractivity contribution in [2.75, 3.05) is 18.9 Å². The summed E-state index contributed by atoms with van der Waals surface area (Å²) in [6.45, 7) is 6.23. The molecule has 0 bridgehead atoms. The van der Waals surface area contributed by atoms with Crippen LogP contribution in [0.2, 0.25) is 0 Å². The zero-order valence-corrected chi connectivity index (χ0v) is 12.8. The molecule has 2 aromatic rings. The number of nitrogens with two attached hydrogens (primary N) is 1. The third kappa shape index (κ3) is 2.94. The lowest BCUT2D eigenvalue weighted by atomic mass is 9.95. The van der Waals surface area contributed by atoms with E-state index in [9.17, 15) is 9.90 Å². The van der Waals surface area contributed by atoms with Gasteiger partial charge in [0.05, 0.1) is 5.69 Å². The number of anilines is 1. The first-order valence-corrected chi connectivity index (χ1v) is 7.33. The van der Waals surface area contributed by atoms with Crippen molar-refractivity contribution in [2.45, 2.75) is 20.8 Å². The minimum absolute atomic E-state index is 0.0222. The molecule has 0 saturated heterocycles. The molecule has 0 spiro atoms. The van der Waals surface area contributed by atoms with Gasteiger partial charge < -0.3 is 16.2 Å². The molecule has 0 aliphatic carbocycles. The van der Waals surface area contributed by atoms with E-state index in [0.717, 1.165) is 15.6 Å². The van der Waals surface area contributed by atoms with Crippen LogP contribution in [0.3, 0.4) is 0 Å². The Morgan fingerprint density at radius 1 is 1.45 bits per heavy atom. The average Bonchev–Trinajstić information content (AvgIpc) is 2.73. The number of hydrogen-bond acceptors (Lipinski definition) is 4. The first kappa shape index (κ1) is 14.8. The largest absolute Gasteiger partial charge is 0.397 e. The molecule has 0 aliphatic heterocycles. The summed E-state index contributed by atoms with van der Waals surface area (Å²) in [6.07, 6.45) is 0. The van der Waals surface area contributed by atoms with Crippen LogP contribution in [-0.4, -0.2) is 24.2 Å². The maximum Gasteiger partial charge on any atom is 0.263 e. The van der Waals surface area contributed by atoms with Crippen molar-refractivity contribution < 1.29 is 9.90 Å². The van der Waals surface area contributed by atoms with E-state index < -0.39 is 0 Å². The summed E-state index contributed by atoms with van der Waals surface area (Å²) < 4.78 is 1.02. The molecule has 1 aromatic heterocycles. The second-order valence-electron chi connectivity index (χ2n) is 5.85. The zero-order valence-electron chi connectivity index (χ0n) is 12.0. The number of benzene rings is 1. The predicted molar refractivity (Wildman–Crippen MR) is 84.2 cm³/mol. The Kier molecular flexibility index (Phi) is 4.01. The summed E-state index contributed by atoms with van der Waals surface area (Å²) in [5.74, 6) is -0.178. The summed E-state index contributed by atoms with van der Waals surface area (Å²) in [4.78, 5) is 12.8. The highest BCUT2D eigenvalue weighted by atomic mass is 32.1. The van der Waals surface area contributed by atoms with Crippen molar-refractivity contribution >= 4 is 33.0 Å². The number of aliphatic hydroxyl groups is 1. The number of carbonyl (C=O) groups is 1. The monoisotopic (exact) mass is 292 g/mol. The number of nitrogens with one attached hydrogen (secondary N) is 1. The quantitative estimate of drug-likeness (QED) is 0.810. The van der Waals surface area contributed by atoms with Gasteiger partial charge in [-0.1, -0.05) is 26.0 Å². The number of nitrogen functional groups attached to an aromatic ring is 1. The Labute approximate surface area is 122 Å². The highest BCUT2D eigenvalue weighted by Crippen LogP contribution is 2.34. The third-order valence-corrected chi connectivity index (χ3v) is 4.41. The second-order valence-corrected chi connectivity index (χ2v) is 6.90. The summed E-state index contributed by atoms with van der Waals surface area (Å²) in [5, 5.41) is 13.0. The van der Waals surface area contributed by atoms with Crippen LogP contribution in [0.1, 0.15) is 29.1 Å². The van der Waals surface area contributed by atoms with Crippen molar-refractivity contribution in [3.05, 3.63) is 28.6 Å². The summed E-state index contributed by atoms with van der Waals surface area (Å²) in [6, 6.07) is 5.97. The van der Waals surface area contributed by atoms with Crippen LogP contribution >= 0.6 is 11.3 Å². The van der Waals surface area contributed by atoms with Gasteiger partial charge in [-0.2, -0.15) is 0 Å². The number of aliphatic hydroxyl groups excluding tert-OH is 1. The Bertz CT molecular complexity index is 647. The Balaban J connectivity index is 2.24. The number of carbonyl (C=O) groups excluding carboxylic acids is 1. The van der Waals surface area contributed by atoms with Crippen molar-refractivity contribution in [1.29, 1.82) is 0 Å². The van der Waals surface area contributed by atoms with E-state index in [4.69, 9.17) is 5.73 Å². The molecule has 20 heavy (non-hydrogen) atoms. The molecule has 5 heteroatoms. The van der Waals surface area contributed by atoms with Crippen LogP contribution < -0.4 is 11.1 Å². The van der Waals surface area contributed by atoms with E-state index in [1.807, 2.05) is 39.0 Å². The standard InChI is InChI=1S/C15H20N2O2S/c1-9-4-5-10-11(6-9)20-13(12(10)16)14(19)17-7-15(2,3)8-18/h4-6,18H,7-8,16H2,1-3H3,(H,17,19). The normalized spacial score (nSPS) is 11.8. The van der Waals surface area contributed by atoms with Gasteiger partial charge >= 0.3 is 0 Å². The molecule has 2 rings (SSSR count). The van der Waals surface area contributed by atoms with Gasteiger partial charge in [-0.15, -0.1) is 11.3 Å². The fourth-order valence-electron chi connectivity index (χ4n) is 1.85. The fraction of sp³-hybridized carbons (Fsp3) is 0.400. The number of fused-ring (bicyclic) bond motifs is 1. The van der Waals surface area contributed by atoms with E-state index in [2.05, 4.69) is 5.32 Å². The van der Waals surface area contributed by atoms with E-state index >= 15 is 0 Å². The van der Waals surface area contributed by atoms with Crippen molar-refractivity contribution in [2.24, 2.45) is 5.41 Å². The van der Waals surface area contributed by atoms with Gasteiger partial charge in [-0.05, 0) is 18.6 Å². The number of thiophene rings is 1. The first-order chi connectivity index (χ1) is 9.34. The van der Waals surface area contributed by atoms with Crippen molar-refractivity contribution in [3.8, 4) is 0 Å². The topological polar surface area (TPSA) is 75.4 Å².